The highest BCUT2D eigenvalue weighted by Gasteiger charge is 2.48. The number of methoxy groups -OCH3 is 1. The Morgan fingerprint density at radius 2 is 1.93 bits per heavy atom. The minimum Gasteiger partial charge on any atom is -0.469 e. The number of alkyl halides is 3. The number of piperidine rings is 1. The zero-order valence-corrected chi connectivity index (χ0v) is 8.49. The van der Waals surface area contributed by atoms with Crippen LogP contribution in [0.5, 0.6) is 0 Å². The van der Waals surface area contributed by atoms with E-state index in [2.05, 4.69) is 10.1 Å². The molecule has 0 spiro atoms. The van der Waals surface area contributed by atoms with Crippen LogP contribution in [-0.2, 0) is 9.53 Å². The first-order valence-electron chi connectivity index (χ1n) is 4.75. The van der Waals surface area contributed by atoms with Crippen molar-refractivity contribution in [3.8, 4) is 0 Å². The van der Waals surface area contributed by atoms with E-state index in [1.165, 1.54) is 0 Å². The van der Waals surface area contributed by atoms with Crippen molar-refractivity contribution in [3.05, 3.63) is 0 Å². The second kappa shape index (κ2) is 4.38. The van der Waals surface area contributed by atoms with Crippen LogP contribution in [0.2, 0.25) is 0 Å². The summed E-state index contributed by atoms with van der Waals surface area (Å²) in [6.45, 7) is 0.844. The topological polar surface area (TPSA) is 38.3 Å². The van der Waals surface area contributed by atoms with E-state index in [0.717, 1.165) is 7.11 Å². The van der Waals surface area contributed by atoms with Crippen LogP contribution in [0.15, 0.2) is 0 Å². The second-order valence-electron chi connectivity index (χ2n) is 3.81. The van der Waals surface area contributed by atoms with Crippen molar-refractivity contribution >= 4 is 5.97 Å². The molecular formula is C9H14F3NO2. The fraction of sp³-hybridized carbons (Fsp3) is 0.889. The highest BCUT2D eigenvalue weighted by atomic mass is 19.4. The van der Waals surface area contributed by atoms with Crippen molar-refractivity contribution < 1.29 is 22.7 Å². The normalized spacial score (nSPS) is 21.1. The van der Waals surface area contributed by atoms with Gasteiger partial charge in [-0.3, -0.25) is 4.79 Å². The fourth-order valence-corrected chi connectivity index (χ4v) is 1.96. The Morgan fingerprint density at radius 3 is 2.33 bits per heavy atom. The third-order valence-electron chi connectivity index (χ3n) is 2.72. The second-order valence-corrected chi connectivity index (χ2v) is 3.81. The maximum Gasteiger partial charge on any atom is 0.390 e. The van der Waals surface area contributed by atoms with Crippen LogP contribution in [0, 0.1) is 5.41 Å². The lowest BCUT2D eigenvalue weighted by atomic mass is 9.76. The van der Waals surface area contributed by atoms with E-state index in [0.29, 0.717) is 13.1 Å². The summed E-state index contributed by atoms with van der Waals surface area (Å²) in [6, 6.07) is 0. The predicted octanol–water partition coefficient (Wildman–Crippen LogP) is 1.48. The summed E-state index contributed by atoms with van der Waals surface area (Å²) >= 11 is 0. The molecular weight excluding hydrogens is 211 g/mol. The van der Waals surface area contributed by atoms with Gasteiger partial charge in [-0.1, -0.05) is 0 Å². The summed E-state index contributed by atoms with van der Waals surface area (Å²) in [6.07, 6.45) is -5.06. The number of hydrogen-bond acceptors (Lipinski definition) is 3. The molecule has 0 aromatic carbocycles. The van der Waals surface area contributed by atoms with Gasteiger partial charge in [0, 0.05) is 0 Å². The molecule has 1 heterocycles. The van der Waals surface area contributed by atoms with Crippen LogP contribution >= 0.6 is 0 Å². The van der Waals surface area contributed by atoms with Gasteiger partial charge < -0.3 is 10.1 Å². The third kappa shape index (κ3) is 3.09. The lowest BCUT2D eigenvalue weighted by Gasteiger charge is -2.35. The molecule has 0 amide bonds. The summed E-state index contributed by atoms with van der Waals surface area (Å²) in [5, 5.41) is 2.93. The molecule has 1 aliphatic rings. The minimum atomic E-state index is -4.33. The molecule has 1 aliphatic heterocycles. The first-order chi connectivity index (χ1) is 6.90. The largest absolute Gasteiger partial charge is 0.469 e. The Hall–Kier alpha value is -0.780. The molecule has 0 aliphatic carbocycles. The molecule has 1 rings (SSSR count). The monoisotopic (exact) mass is 225 g/mol. The van der Waals surface area contributed by atoms with E-state index < -0.39 is 24.0 Å². The van der Waals surface area contributed by atoms with Crippen LogP contribution in [0.4, 0.5) is 13.2 Å². The highest BCUT2D eigenvalue weighted by molar-refractivity contribution is 5.77. The van der Waals surface area contributed by atoms with Crippen LogP contribution in [0.25, 0.3) is 0 Å². The molecule has 1 fully saturated rings. The molecule has 3 nitrogen and oxygen atoms in total. The zero-order chi connectivity index (χ0) is 11.5. The van der Waals surface area contributed by atoms with Crippen molar-refractivity contribution in [3.63, 3.8) is 0 Å². The van der Waals surface area contributed by atoms with E-state index in [1.807, 2.05) is 0 Å². The minimum absolute atomic E-state index is 0.180. The lowest BCUT2D eigenvalue weighted by molar-refractivity contribution is -0.184. The van der Waals surface area contributed by atoms with E-state index in [9.17, 15) is 18.0 Å². The molecule has 0 aromatic rings. The van der Waals surface area contributed by atoms with Crippen LogP contribution in [0.1, 0.15) is 19.3 Å². The predicted molar refractivity (Wildman–Crippen MR) is 47.2 cm³/mol. The Balaban J connectivity index is 2.80. The van der Waals surface area contributed by atoms with Gasteiger partial charge in [0.1, 0.15) is 0 Å². The van der Waals surface area contributed by atoms with Gasteiger partial charge in [0.2, 0.25) is 0 Å². The van der Waals surface area contributed by atoms with E-state index in [-0.39, 0.29) is 12.8 Å². The summed E-state index contributed by atoms with van der Waals surface area (Å²) in [4.78, 5) is 11.4. The highest BCUT2D eigenvalue weighted by Crippen LogP contribution is 2.41. The number of ether oxygens (including phenoxy) is 1. The smallest absolute Gasteiger partial charge is 0.390 e. The van der Waals surface area contributed by atoms with Crippen LogP contribution < -0.4 is 5.32 Å². The van der Waals surface area contributed by atoms with Gasteiger partial charge in [-0.15, -0.1) is 0 Å². The lowest BCUT2D eigenvalue weighted by Crippen LogP contribution is -2.45. The quantitative estimate of drug-likeness (QED) is 0.723. The molecule has 0 bridgehead atoms. The number of carbonyl (C=O) groups is 1. The third-order valence-corrected chi connectivity index (χ3v) is 2.72. The molecule has 0 atom stereocenters. The molecule has 0 aromatic heterocycles. The molecule has 88 valence electrons. The van der Waals surface area contributed by atoms with Gasteiger partial charge >= 0.3 is 12.1 Å². The first-order valence-corrected chi connectivity index (χ1v) is 4.75. The average molecular weight is 225 g/mol. The van der Waals surface area contributed by atoms with Crippen LogP contribution in [-0.4, -0.2) is 32.3 Å². The molecule has 0 saturated carbocycles. The SMILES string of the molecule is COC(=O)C1(CC(F)(F)F)CCNCC1. The van der Waals surface area contributed by atoms with Gasteiger partial charge in [-0.25, -0.2) is 0 Å². The van der Waals surface area contributed by atoms with Crippen molar-refractivity contribution in [1.82, 2.24) is 5.32 Å². The van der Waals surface area contributed by atoms with E-state index >= 15 is 0 Å². The maximum absolute atomic E-state index is 12.4. The van der Waals surface area contributed by atoms with Crippen molar-refractivity contribution in [2.24, 2.45) is 5.41 Å². The molecule has 1 N–H and O–H groups in total. The van der Waals surface area contributed by atoms with Crippen molar-refractivity contribution in [2.45, 2.75) is 25.4 Å². The van der Waals surface area contributed by atoms with Gasteiger partial charge in [0.05, 0.1) is 18.9 Å². The maximum atomic E-state index is 12.4. The number of halogens is 3. The number of esters is 1. The average Bonchev–Trinajstić information content (AvgIpc) is 2.15. The molecule has 6 heteroatoms. The Morgan fingerprint density at radius 1 is 1.40 bits per heavy atom. The summed E-state index contributed by atoms with van der Waals surface area (Å²) in [7, 11) is 1.13. The Kier molecular flexibility index (Phi) is 3.59. The van der Waals surface area contributed by atoms with E-state index in [4.69, 9.17) is 0 Å². The van der Waals surface area contributed by atoms with Crippen molar-refractivity contribution in [1.29, 1.82) is 0 Å². The zero-order valence-electron chi connectivity index (χ0n) is 8.49. The number of carbonyl (C=O) groups excluding carboxylic acids is 1. The summed E-state index contributed by atoms with van der Waals surface area (Å²) in [5.74, 6) is -0.749. The summed E-state index contributed by atoms with van der Waals surface area (Å²) in [5.41, 5.74) is -1.38. The Labute approximate surface area is 86.0 Å². The molecule has 15 heavy (non-hydrogen) atoms. The first kappa shape index (κ1) is 12.3. The van der Waals surface area contributed by atoms with Gasteiger partial charge in [-0.05, 0) is 25.9 Å². The number of hydrogen-bond donors (Lipinski definition) is 1. The van der Waals surface area contributed by atoms with Crippen molar-refractivity contribution in [2.75, 3.05) is 20.2 Å². The van der Waals surface area contributed by atoms with Gasteiger partial charge in [0.15, 0.2) is 0 Å². The number of nitrogens with one attached hydrogen (secondary N) is 1. The molecule has 0 unspecified atom stereocenters. The van der Waals surface area contributed by atoms with Gasteiger partial charge in [-0.2, -0.15) is 13.2 Å². The van der Waals surface area contributed by atoms with E-state index in [1.54, 1.807) is 0 Å². The fourth-order valence-electron chi connectivity index (χ4n) is 1.96. The Bertz CT molecular complexity index is 234. The number of rotatable bonds is 2. The molecule has 0 radical (unpaired) electrons. The summed E-state index contributed by atoms with van der Waals surface area (Å²) < 4.78 is 41.5. The van der Waals surface area contributed by atoms with Gasteiger partial charge in [0.25, 0.3) is 0 Å². The standard InChI is InChI=1S/C9H14F3NO2/c1-15-7(14)8(6-9(10,11)12)2-4-13-5-3-8/h13H,2-6H2,1H3. The van der Waals surface area contributed by atoms with Crippen LogP contribution in [0.3, 0.4) is 0 Å². The molecule has 1 saturated heterocycles.